The molecule has 0 aliphatic rings. The molecule has 2 aromatic rings. The summed E-state index contributed by atoms with van der Waals surface area (Å²) in [4.78, 5) is 26.0. The predicted octanol–water partition coefficient (Wildman–Crippen LogP) is 1.61. The summed E-state index contributed by atoms with van der Waals surface area (Å²) in [7, 11) is 0. The number of carbonyl (C=O) groups excluding carboxylic acids is 1. The third-order valence-electron chi connectivity index (χ3n) is 3.54. The quantitative estimate of drug-likeness (QED) is 0.835. The molecule has 2 rings (SSSR count). The van der Waals surface area contributed by atoms with E-state index in [0.29, 0.717) is 6.54 Å². The minimum Gasteiger partial charge on any atom is -0.395 e. The van der Waals surface area contributed by atoms with Gasteiger partial charge >= 0.3 is 0 Å². The summed E-state index contributed by atoms with van der Waals surface area (Å²) < 4.78 is 14.8. The minimum absolute atomic E-state index is 0.0144. The van der Waals surface area contributed by atoms with Gasteiger partial charge in [-0.15, -0.1) is 0 Å². The summed E-state index contributed by atoms with van der Waals surface area (Å²) >= 11 is 0. The molecule has 1 aromatic carbocycles. The lowest BCUT2D eigenvalue weighted by molar-refractivity contribution is 0.0711. The number of aliphatic hydroxyl groups is 1. The number of amides is 1. The van der Waals surface area contributed by atoms with Gasteiger partial charge in [-0.3, -0.25) is 9.59 Å². The van der Waals surface area contributed by atoms with Gasteiger partial charge in [-0.1, -0.05) is 25.5 Å². The van der Waals surface area contributed by atoms with Crippen molar-refractivity contribution < 1.29 is 14.3 Å². The Morgan fingerprint density at radius 1 is 1.25 bits per heavy atom. The molecule has 0 atom stereocenters. The smallest absolute Gasteiger partial charge is 0.274 e. The molecule has 0 saturated carbocycles. The first-order chi connectivity index (χ1) is 11.6. The number of aromatic nitrogens is 2. The molecule has 128 valence electrons. The Bertz CT molecular complexity index is 761. The number of halogens is 1. The second kappa shape index (κ2) is 8.35. The molecule has 1 aromatic heterocycles. The van der Waals surface area contributed by atoms with E-state index in [-0.39, 0.29) is 24.5 Å². The molecule has 0 fully saturated rings. The SMILES string of the molecule is CCCCN(CCO)C(=O)c1ccc(=O)n(-c2ccccc2F)n1. The summed E-state index contributed by atoms with van der Waals surface area (Å²) in [6.07, 6.45) is 1.69. The average molecular weight is 333 g/mol. The number of benzene rings is 1. The number of aliphatic hydroxyl groups excluding tert-OH is 1. The lowest BCUT2D eigenvalue weighted by Crippen LogP contribution is -2.36. The number of para-hydroxylation sites is 1. The summed E-state index contributed by atoms with van der Waals surface area (Å²) in [6, 6.07) is 8.23. The van der Waals surface area contributed by atoms with E-state index in [1.54, 1.807) is 6.07 Å². The highest BCUT2D eigenvalue weighted by molar-refractivity contribution is 5.92. The highest BCUT2D eigenvalue weighted by Gasteiger charge is 2.18. The molecule has 0 saturated heterocycles. The van der Waals surface area contributed by atoms with Crippen LogP contribution in [0.25, 0.3) is 5.69 Å². The van der Waals surface area contributed by atoms with Crippen LogP contribution in [0.15, 0.2) is 41.2 Å². The van der Waals surface area contributed by atoms with Gasteiger partial charge in [-0.2, -0.15) is 9.78 Å². The van der Waals surface area contributed by atoms with Crippen molar-refractivity contribution in [2.75, 3.05) is 19.7 Å². The number of unbranched alkanes of at least 4 members (excludes halogenated alkanes) is 1. The summed E-state index contributed by atoms with van der Waals surface area (Å²) in [6.45, 7) is 2.50. The Labute approximate surface area is 139 Å². The van der Waals surface area contributed by atoms with Crippen LogP contribution in [0, 0.1) is 5.82 Å². The molecule has 0 unspecified atom stereocenters. The van der Waals surface area contributed by atoms with Gasteiger partial charge in [0.2, 0.25) is 0 Å². The number of hydrogen-bond donors (Lipinski definition) is 1. The third-order valence-corrected chi connectivity index (χ3v) is 3.54. The zero-order valence-electron chi connectivity index (χ0n) is 13.5. The van der Waals surface area contributed by atoms with Crippen LogP contribution in [-0.2, 0) is 0 Å². The molecule has 0 aliphatic carbocycles. The first-order valence-electron chi connectivity index (χ1n) is 7.84. The average Bonchev–Trinajstić information content (AvgIpc) is 2.59. The maximum Gasteiger partial charge on any atom is 0.274 e. The van der Waals surface area contributed by atoms with Gasteiger partial charge in [0.15, 0.2) is 0 Å². The van der Waals surface area contributed by atoms with Crippen LogP contribution in [0.3, 0.4) is 0 Å². The van der Waals surface area contributed by atoms with E-state index in [1.807, 2.05) is 6.92 Å². The molecular formula is C17H20FN3O3. The van der Waals surface area contributed by atoms with E-state index in [1.165, 1.54) is 35.2 Å². The van der Waals surface area contributed by atoms with Gasteiger partial charge in [-0.05, 0) is 24.6 Å². The zero-order valence-corrected chi connectivity index (χ0v) is 13.5. The Balaban J connectivity index is 2.38. The first-order valence-corrected chi connectivity index (χ1v) is 7.84. The largest absolute Gasteiger partial charge is 0.395 e. The molecule has 0 bridgehead atoms. The Morgan fingerprint density at radius 2 is 2.00 bits per heavy atom. The molecule has 1 N–H and O–H groups in total. The second-order valence-electron chi connectivity index (χ2n) is 5.29. The topological polar surface area (TPSA) is 75.4 Å². The van der Waals surface area contributed by atoms with Gasteiger partial charge in [0.1, 0.15) is 17.2 Å². The minimum atomic E-state index is -0.602. The molecule has 0 aliphatic heterocycles. The molecule has 1 heterocycles. The van der Waals surface area contributed by atoms with Gasteiger partial charge in [0.05, 0.1) is 6.61 Å². The molecule has 6 nitrogen and oxygen atoms in total. The number of hydrogen-bond acceptors (Lipinski definition) is 4. The van der Waals surface area contributed by atoms with Crippen LogP contribution >= 0.6 is 0 Å². The normalized spacial score (nSPS) is 10.6. The van der Waals surface area contributed by atoms with Crippen LogP contribution in [0.1, 0.15) is 30.3 Å². The maximum atomic E-state index is 13.9. The van der Waals surface area contributed by atoms with Crippen LogP contribution < -0.4 is 5.56 Å². The van der Waals surface area contributed by atoms with Crippen LogP contribution in [-0.4, -0.2) is 45.4 Å². The zero-order chi connectivity index (χ0) is 17.5. The van der Waals surface area contributed by atoms with Gasteiger partial charge in [0.25, 0.3) is 11.5 Å². The van der Waals surface area contributed by atoms with Crippen molar-refractivity contribution in [1.29, 1.82) is 0 Å². The van der Waals surface area contributed by atoms with E-state index in [0.717, 1.165) is 17.5 Å². The molecule has 1 amide bonds. The lowest BCUT2D eigenvalue weighted by Gasteiger charge is -2.21. The second-order valence-corrected chi connectivity index (χ2v) is 5.29. The first kappa shape index (κ1) is 17.8. The van der Waals surface area contributed by atoms with Crippen molar-refractivity contribution in [1.82, 2.24) is 14.7 Å². The van der Waals surface area contributed by atoms with Crippen LogP contribution in [0.2, 0.25) is 0 Å². The fourth-order valence-electron chi connectivity index (χ4n) is 2.27. The van der Waals surface area contributed by atoms with E-state index < -0.39 is 17.3 Å². The molecule has 24 heavy (non-hydrogen) atoms. The van der Waals surface area contributed by atoms with E-state index in [9.17, 15) is 14.0 Å². The Hall–Kier alpha value is -2.54. The number of rotatable bonds is 7. The van der Waals surface area contributed by atoms with Crippen molar-refractivity contribution in [3.05, 3.63) is 58.3 Å². The highest BCUT2D eigenvalue weighted by atomic mass is 19.1. The number of nitrogens with zero attached hydrogens (tertiary/aromatic N) is 3. The van der Waals surface area contributed by atoms with E-state index >= 15 is 0 Å². The fraction of sp³-hybridized carbons (Fsp3) is 0.353. The maximum absolute atomic E-state index is 13.9. The van der Waals surface area contributed by atoms with Gasteiger partial charge in [-0.25, -0.2) is 4.39 Å². The summed E-state index contributed by atoms with van der Waals surface area (Å²) in [5, 5.41) is 13.1. The van der Waals surface area contributed by atoms with Crippen molar-refractivity contribution in [3.8, 4) is 5.69 Å². The molecule has 0 radical (unpaired) electrons. The predicted molar refractivity (Wildman–Crippen MR) is 87.7 cm³/mol. The van der Waals surface area contributed by atoms with Crippen LogP contribution in [0.5, 0.6) is 0 Å². The molecular weight excluding hydrogens is 313 g/mol. The van der Waals surface area contributed by atoms with Crippen molar-refractivity contribution in [3.63, 3.8) is 0 Å². The lowest BCUT2D eigenvalue weighted by atomic mass is 10.2. The van der Waals surface area contributed by atoms with E-state index in [4.69, 9.17) is 5.11 Å². The standard InChI is InChI=1S/C17H20FN3O3/c1-2-3-10-20(11-12-22)17(24)14-8-9-16(23)21(19-14)15-7-5-4-6-13(15)18/h4-9,22H,2-3,10-12H2,1H3. The summed E-state index contributed by atoms with van der Waals surface area (Å²) in [5.74, 6) is -1.00. The molecule has 7 heteroatoms. The van der Waals surface area contributed by atoms with E-state index in [2.05, 4.69) is 5.10 Å². The Kier molecular flexibility index (Phi) is 6.20. The highest BCUT2D eigenvalue weighted by Crippen LogP contribution is 2.10. The monoisotopic (exact) mass is 333 g/mol. The van der Waals surface area contributed by atoms with Gasteiger partial charge < -0.3 is 10.0 Å². The van der Waals surface area contributed by atoms with Crippen molar-refractivity contribution in [2.45, 2.75) is 19.8 Å². The Morgan fingerprint density at radius 3 is 2.67 bits per heavy atom. The van der Waals surface area contributed by atoms with Crippen molar-refractivity contribution in [2.24, 2.45) is 0 Å². The van der Waals surface area contributed by atoms with Crippen molar-refractivity contribution >= 4 is 5.91 Å². The third kappa shape index (κ3) is 4.05. The fourth-order valence-corrected chi connectivity index (χ4v) is 2.27. The van der Waals surface area contributed by atoms with Gasteiger partial charge in [0, 0.05) is 19.2 Å². The molecule has 0 spiro atoms. The van der Waals surface area contributed by atoms with Crippen LogP contribution in [0.4, 0.5) is 4.39 Å². The number of carbonyl (C=O) groups is 1. The summed E-state index contributed by atoms with van der Waals surface area (Å²) in [5.41, 5.74) is -0.513.